The Bertz CT molecular complexity index is 545. The summed E-state index contributed by atoms with van der Waals surface area (Å²) in [5, 5.41) is 3.92. The number of rotatable bonds is 3. The van der Waals surface area contributed by atoms with Crippen molar-refractivity contribution < 1.29 is 0 Å². The van der Waals surface area contributed by atoms with Crippen LogP contribution in [-0.2, 0) is 0 Å². The standard InChI is InChI=1S/C12H12Cl2N4/c1-7(10-4-2-3-5-16-10)17-12-9(14)6-8(13)11(15)18-12/h2-7H,1H3,(H3,15,17,18). The van der Waals surface area contributed by atoms with E-state index in [1.807, 2.05) is 25.1 Å². The van der Waals surface area contributed by atoms with Crippen molar-refractivity contribution in [1.29, 1.82) is 0 Å². The van der Waals surface area contributed by atoms with Crippen LogP contribution >= 0.6 is 23.2 Å². The number of nitrogens with zero attached hydrogens (tertiary/aromatic N) is 2. The normalized spacial score (nSPS) is 12.2. The lowest BCUT2D eigenvalue weighted by Crippen LogP contribution is -2.10. The molecule has 3 N–H and O–H groups in total. The van der Waals surface area contributed by atoms with Crippen LogP contribution in [0.4, 0.5) is 11.6 Å². The van der Waals surface area contributed by atoms with Crippen LogP contribution in [0.5, 0.6) is 0 Å². The topological polar surface area (TPSA) is 63.8 Å². The van der Waals surface area contributed by atoms with E-state index in [-0.39, 0.29) is 11.9 Å². The molecule has 0 aliphatic carbocycles. The lowest BCUT2D eigenvalue weighted by atomic mass is 10.2. The molecule has 0 aliphatic heterocycles. The Morgan fingerprint density at radius 2 is 2.06 bits per heavy atom. The zero-order valence-corrected chi connectivity index (χ0v) is 11.2. The summed E-state index contributed by atoms with van der Waals surface area (Å²) >= 11 is 11.9. The molecule has 1 unspecified atom stereocenters. The van der Waals surface area contributed by atoms with Gasteiger partial charge in [0.15, 0.2) is 0 Å². The van der Waals surface area contributed by atoms with Gasteiger partial charge in [-0.15, -0.1) is 0 Å². The van der Waals surface area contributed by atoms with E-state index in [1.165, 1.54) is 0 Å². The maximum atomic E-state index is 6.05. The van der Waals surface area contributed by atoms with E-state index >= 15 is 0 Å². The van der Waals surface area contributed by atoms with Gasteiger partial charge >= 0.3 is 0 Å². The van der Waals surface area contributed by atoms with Crippen LogP contribution in [-0.4, -0.2) is 9.97 Å². The van der Waals surface area contributed by atoms with Crippen LogP contribution in [0.1, 0.15) is 18.7 Å². The van der Waals surface area contributed by atoms with Gasteiger partial charge in [-0.2, -0.15) is 0 Å². The summed E-state index contributed by atoms with van der Waals surface area (Å²) in [5.74, 6) is 0.744. The molecule has 2 aromatic heterocycles. The summed E-state index contributed by atoms with van der Waals surface area (Å²) in [6, 6.07) is 7.24. The lowest BCUT2D eigenvalue weighted by molar-refractivity contribution is 0.832. The van der Waals surface area contributed by atoms with Gasteiger partial charge in [0.05, 0.1) is 21.8 Å². The molecule has 94 valence electrons. The van der Waals surface area contributed by atoms with Gasteiger partial charge in [-0.25, -0.2) is 4.98 Å². The molecule has 18 heavy (non-hydrogen) atoms. The van der Waals surface area contributed by atoms with E-state index in [0.29, 0.717) is 15.9 Å². The monoisotopic (exact) mass is 282 g/mol. The molecular weight excluding hydrogens is 271 g/mol. The molecule has 0 bridgehead atoms. The molecule has 2 rings (SSSR count). The van der Waals surface area contributed by atoms with Crippen molar-refractivity contribution in [2.45, 2.75) is 13.0 Å². The fourth-order valence-corrected chi connectivity index (χ4v) is 1.91. The highest BCUT2D eigenvalue weighted by molar-refractivity contribution is 6.37. The minimum Gasteiger partial charge on any atom is -0.382 e. The molecule has 0 spiro atoms. The fraction of sp³-hybridized carbons (Fsp3) is 0.167. The predicted molar refractivity (Wildman–Crippen MR) is 74.9 cm³/mol. The first-order chi connectivity index (χ1) is 8.58. The highest BCUT2D eigenvalue weighted by atomic mass is 35.5. The lowest BCUT2D eigenvalue weighted by Gasteiger charge is -2.15. The van der Waals surface area contributed by atoms with E-state index in [4.69, 9.17) is 28.9 Å². The Labute approximate surface area is 115 Å². The molecular formula is C12H12Cl2N4. The van der Waals surface area contributed by atoms with Gasteiger partial charge in [0, 0.05) is 6.20 Å². The number of hydrogen-bond acceptors (Lipinski definition) is 4. The summed E-state index contributed by atoms with van der Waals surface area (Å²) in [6.07, 6.45) is 1.73. The molecule has 0 aliphatic rings. The molecule has 0 fully saturated rings. The Morgan fingerprint density at radius 1 is 1.28 bits per heavy atom. The van der Waals surface area contributed by atoms with Crippen LogP contribution in [0.3, 0.4) is 0 Å². The van der Waals surface area contributed by atoms with Gasteiger partial charge in [0.2, 0.25) is 0 Å². The number of pyridine rings is 2. The van der Waals surface area contributed by atoms with Crippen molar-refractivity contribution in [3.8, 4) is 0 Å². The number of halogens is 2. The molecule has 4 nitrogen and oxygen atoms in total. The van der Waals surface area contributed by atoms with Gasteiger partial charge in [0.25, 0.3) is 0 Å². The molecule has 2 heterocycles. The van der Waals surface area contributed by atoms with Crippen molar-refractivity contribution in [2.75, 3.05) is 11.1 Å². The molecule has 1 atom stereocenters. The Kier molecular flexibility index (Phi) is 3.89. The second kappa shape index (κ2) is 5.42. The Balaban J connectivity index is 2.22. The average Bonchev–Trinajstić information content (AvgIpc) is 2.37. The number of hydrogen-bond donors (Lipinski definition) is 2. The number of nitrogen functional groups attached to an aromatic ring is 1. The van der Waals surface area contributed by atoms with Gasteiger partial charge in [-0.3, -0.25) is 4.98 Å². The van der Waals surface area contributed by atoms with E-state index in [9.17, 15) is 0 Å². The van der Waals surface area contributed by atoms with Crippen LogP contribution in [0.2, 0.25) is 10.0 Å². The van der Waals surface area contributed by atoms with Gasteiger partial charge in [-0.05, 0) is 25.1 Å². The third-order valence-electron chi connectivity index (χ3n) is 2.44. The summed E-state index contributed by atoms with van der Waals surface area (Å²) in [4.78, 5) is 8.37. The number of nitrogens with two attached hydrogens (primary N) is 1. The first-order valence-corrected chi connectivity index (χ1v) is 6.12. The van der Waals surface area contributed by atoms with E-state index in [2.05, 4.69) is 15.3 Å². The average molecular weight is 283 g/mol. The van der Waals surface area contributed by atoms with Gasteiger partial charge in [0.1, 0.15) is 11.6 Å². The van der Waals surface area contributed by atoms with Crippen LogP contribution in [0, 0.1) is 0 Å². The van der Waals surface area contributed by atoms with E-state index in [0.717, 1.165) is 5.69 Å². The molecule has 0 aromatic carbocycles. The summed E-state index contributed by atoms with van der Waals surface area (Å²) in [7, 11) is 0. The minimum atomic E-state index is -0.0308. The third kappa shape index (κ3) is 2.83. The molecule has 6 heteroatoms. The largest absolute Gasteiger partial charge is 0.382 e. The van der Waals surface area contributed by atoms with Crippen LogP contribution in [0.25, 0.3) is 0 Å². The SMILES string of the molecule is CC(Nc1nc(N)c(Cl)cc1Cl)c1ccccn1. The summed E-state index contributed by atoms with van der Waals surface area (Å²) in [6.45, 7) is 1.96. The molecule has 0 amide bonds. The quantitative estimate of drug-likeness (QED) is 0.904. The van der Waals surface area contributed by atoms with Crippen molar-refractivity contribution >= 4 is 34.8 Å². The van der Waals surface area contributed by atoms with E-state index in [1.54, 1.807) is 12.3 Å². The maximum absolute atomic E-state index is 6.05. The van der Waals surface area contributed by atoms with Crippen molar-refractivity contribution in [2.24, 2.45) is 0 Å². The zero-order valence-electron chi connectivity index (χ0n) is 9.69. The van der Waals surface area contributed by atoms with Crippen molar-refractivity contribution in [1.82, 2.24) is 9.97 Å². The Morgan fingerprint density at radius 3 is 2.72 bits per heavy atom. The van der Waals surface area contributed by atoms with Crippen molar-refractivity contribution in [3.63, 3.8) is 0 Å². The smallest absolute Gasteiger partial charge is 0.147 e. The second-order valence-electron chi connectivity index (χ2n) is 3.81. The zero-order chi connectivity index (χ0) is 13.1. The Hall–Kier alpha value is -1.52. The molecule has 0 saturated carbocycles. The second-order valence-corrected chi connectivity index (χ2v) is 4.62. The van der Waals surface area contributed by atoms with Crippen LogP contribution in [0.15, 0.2) is 30.5 Å². The third-order valence-corrected chi connectivity index (χ3v) is 3.03. The molecule has 0 saturated heterocycles. The maximum Gasteiger partial charge on any atom is 0.147 e. The van der Waals surface area contributed by atoms with Gasteiger partial charge in [-0.1, -0.05) is 29.3 Å². The number of aromatic nitrogens is 2. The fourth-order valence-electron chi connectivity index (χ4n) is 1.49. The van der Waals surface area contributed by atoms with Gasteiger partial charge < -0.3 is 11.1 Å². The molecule has 0 radical (unpaired) electrons. The van der Waals surface area contributed by atoms with E-state index < -0.39 is 0 Å². The first kappa shape index (κ1) is 12.9. The highest BCUT2D eigenvalue weighted by Crippen LogP contribution is 2.29. The molecule has 2 aromatic rings. The van der Waals surface area contributed by atoms with Crippen molar-refractivity contribution in [3.05, 3.63) is 46.2 Å². The number of nitrogens with one attached hydrogen (secondary N) is 1. The summed E-state index contributed by atoms with van der Waals surface area (Å²) in [5.41, 5.74) is 6.54. The number of anilines is 2. The highest BCUT2D eigenvalue weighted by Gasteiger charge is 2.11. The summed E-state index contributed by atoms with van der Waals surface area (Å²) < 4.78 is 0. The predicted octanol–water partition coefficient (Wildman–Crippen LogP) is 3.54. The minimum absolute atomic E-state index is 0.0308. The van der Waals surface area contributed by atoms with Crippen LogP contribution < -0.4 is 11.1 Å². The first-order valence-electron chi connectivity index (χ1n) is 5.37.